The Balaban J connectivity index is 1.80. The largest absolute Gasteiger partial charge is 0.444 e. The molecule has 0 spiro atoms. The Bertz CT molecular complexity index is 1060. The zero-order valence-electron chi connectivity index (χ0n) is 14.2. The van der Waals surface area contributed by atoms with E-state index in [0.29, 0.717) is 16.6 Å². The topological polar surface area (TPSA) is 130 Å². The van der Waals surface area contributed by atoms with Gasteiger partial charge in [0.15, 0.2) is 0 Å². The van der Waals surface area contributed by atoms with Crippen LogP contribution in [0.2, 0.25) is 0 Å². The molecule has 0 aliphatic rings. The highest BCUT2D eigenvalue weighted by molar-refractivity contribution is 5.86. The molecule has 3 aromatic rings. The Labute approximate surface area is 152 Å². The lowest BCUT2D eigenvalue weighted by molar-refractivity contribution is -0.496. The van der Waals surface area contributed by atoms with E-state index in [9.17, 15) is 25.0 Å². The van der Waals surface area contributed by atoms with Crippen LogP contribution in [0.15, 0.2) is 42.7 Å². The summed E-state index contributed by atoms with van der Waals surface area (Å²) in [7, 11) is 0. The highest BCUT2D eigenvalue weighted by atomic mass is 16.6. The van der Waals surface area contributed by atoms with Crippen LogP contribution in [0.25, 0.3) is 11.0 Å². The number of nitro groups is 2. The lowest BCUT2D eigenvalue weighted by Crippen LogP contribution is -2.13. The van der Waals surface area contributed by atoms with Gasteiger partial charge >= 0.3 is 6.09 Å². The van der Waals surface area contributed by atoms with Gasteiger partial charge in [0.1, 0.15) is 12.9 Å². The van der Waals surface area contributed by atoms with Gasteiger partial charge in [0.05, 0.1) is 21.5 Å². The van der Waals surface area contributed by atoms with Crippen molar-refractivity contribution in [1.82, 2.24) is 9.55 Å². The number of aryl methyl sites for hydroxylation is 1. The van der Waals surface area contributed by atoms with Crippen LogP contribution in [0.5, 0.6) is 0 Å². The first-order valence-corrected chi connectivity index (χ1v) is 7.84. The molecule has 0 unspecified atom stereocenters. The molecular formula is C17H14N4O6. The zero-order valence-corrected chi connectivity index (χ0v) is 14.2. The fourth-order valence-corrected chi connectivity index (χ4v) is 2.67. The summed E-state index contributed by atoms with van der Waals surface area (Å²) < 4.78 is 6.34. The average Bonchev–Trinajstić information content (AvgIpc) is 3.02. The predicted molar refractivity (Wildman–Crippen MR) is 93.8 cm³/mol. The summed E-state index contributed by atoms with van der Waals surface area (Å²) in [4.78, 5) is 37.1. The van der Waals surface area contributed by atoms with Gasteiger partial charge in [0, 0.05) is 16.6 Å². The molecule has 0 aliphatic carbocycles. The lowest BCUT2D eigenvalue weighted by Gasteiger charge is -2.07. The molecule has 3 rings (SSSR count). The molecule has 0 bridgehead atoms. The molecule has 1 heterocycles. The maximum absolute atomic E-state index is 12.3. The van der Waals surface area contributed by atoms with Crippen LogP contribution in [0.3, 0.4) is 0 Å². The summed E-state index contributed by atoms with van der Waals surface area (Å²) in [5.74, 6) is 0. The van der Waals surface area contributed by atoms with Crippen molar-refractivity contribution in [2.45, 2.75) is 20.1 Å². The van der Waals surface area contributed by atoms with E-state index in [2.05, 4.69) is 4.98 Å². The minimum absolute atomic E-state index is 0.131. The number of nitrogens with zero attached hydrogens (tertiary/aromatic N) is 4. The van der Waals surface area contributed by atoms with E-state index in [0.717, 1.165) is 10.1 Å². The summed E-state index contributed by atoms with van der Waals surface area (Å²) >= 11 is 0. The van der Waals surface area contributed by atoms with Gasteiger partial charge in [0.25, 0.3) is 5.69 Å². The van der Waals surface area contributed by atoms with Crippen LogP contribution >= 0.6 is 0 Å². The Morgan fingerprint density at radius 3 is 2.67 bits per heavy atom. The molecule has 0 atom stereocenters. The van der Waals surface area contributed by atoms with Crippen LogP contribution in [0.1, 0.15) is 16.7 Å². The monoisotopic (exact) mass is 370 g/mol. The van der Waals surface area contributed by atoms with Crippen molar-refractivity contribution in [3.05, 3.63) is 79.6 Å². The van der Waals surface area contributed by atoms with Crippen LogP contribution < -0.4 is 0 Å². The molecule has 1 aromatic heterocycles. The molecule has 0 radical (unpaired) electrons. The maximum Gasteiger partial charge on any atom is 0.420 e. The summed E-state index contributed by atoms with van der Waals surface area (Å²) in [5.41, 5.74) is 2.25. The second-order valence-corrected chi connectivity index (χ2v) is 5.87. The fourth-order valence-electron chi connectivity index (χ4n) is 2.67. The van der Waals surface area contributed by atoms with Crippen molar-refractivity contribution in [1.29, 1.82) is 0 Å². The predicted octanol–water partition coefficient (Wildman–Crippen LogP) is 3.21. The molecule has 10 nitrogen and oxygen atoms in total. The fraction of sp³-hybridized carbons (Fsp3) is 0.176. The minimum atomic E-state index is -0.754. The van der Waals surface area contributed by atoms with Gasteiger partial charge in [0.2, 0.25) is 6.54 Å². The maximum atomic E-state index is 12.3. The standard InChI is InChI=1S/C17H14N4O6/c1-11-2-4-15(21(25)26)13(6-11)9-27-17(22)19-10-18-14-7-12(8-20(23)24)3-5-16(14)19/h2-7,10H,8-9H2,1H3. The normalized spacial score (nSPS) is 10.7. The van der Waals surface area contributed by atoms with Crippen LogP contribution in [-0.2, 0) is 17.9 Å². The van der Waals surface area contributed by atoms with Crippen molar-refractivity contribution >= 4 is 22.8 Å². The molecule has 0 aliphatic heterocycles. The van der Waals surface area contributed by atoms with Crippen LogP contribution in [0, 0.1) is 27.2 Å². The number of rotatable bonds is 5. The van der Waals surface area contributed by atoms with E-state index < -0.39 is 15.9 Å². The van der Waals surface area contributed by atoms with E-state index in [-0.39, 0.29) is 24.4 Å². The first-order chi connectivity index (χ1) is 12.8. The zero-order chi connectivity index (χ0) is 19.6. The Morgan fingerprint density at radius 2 is 1.96 bits per heavy atom. The summed E-state index contributed by atoms with van der Waals surface area (Å²) in [6.45, 7) is 1.17. The first-order valence-electron chi connectivity index (χ1n) is 7.84. The number of imidazole rings is 1. The molecule has 27 heavy (non-hydrogen) atoms. The molecule has 0 saturated heterocycles. The minimum Gasteiger partial charge on any atom is -0.444 e. The third kappa shape index (κ3) is 3.89. The van der Waals surface area contributed by atoms with Gasteiger partial charge in [-0.05, 0) is 25.1 Å². The third-order valence-corrected chi connectivity index (χ3v) is 3.90. The highest BCUT2D eigenvalue weighted by Gasteiger charge is 2.17. The van der Waals surface area contributed by atoms with Crippen LogP contribution in [-0.4, -0.2) is 25.5 Å². The molecular weight excluding hydrogens is 356 g/mol. The Kier molecular flexibility index (Phi) is 4.79. The van der Waals surface area contributed by atoms with E-state index in [1.54, 1.807) is 19.1 Å². The number of benzene rings is 2. The first kappa shape index (κ1) is 18.0. The smallest absolute Gasteiger partial charge is 0.420 e. The van der Waals surface area contributed by atoms with Crippen molar-refractivity contribution in [2.24, 2.45) is 0 Å². The average molecular weight is 370 g/mol. The van der Waals surface area contributed by atoms with Gasteiger partial charge in [-0.15, -0.1) is 0 Å². The molecule has 0 amide bonds. The highest BCUT2D eigenvalue weighted by Crippen LogP contribution is 2.21. The Morgan fingerprint density at radius 1 is 1.19 bits per heavy atom. The quantitative estimate of drug-likeness (QED) is 0.498. The number of hydrogen-bond donors (Lipinski definition) is 0. The number of carbonyl (C=O) groups is 1. The number of aromatic nitrogens is 2. The van der Waals surface area contributed by atoms with Gasteiger partial charge in [-0.25, -0.2) is 14.3 Å². The van der Waals surface area contributed by atoms with Crippen molar-refractivity contribution in [3.8, 4) is 0 Å². The number of carbonyl (C=O) groups excluding carboxylic acids is 1. The second-order valence-electron chi connectivity index (χ2n) is 5.87. The number of hydrogen-bond acceptors (Lipinski definition) is 7. The number of nitro benzene ring substituents is 1. The van der Waals surface area contributed by atoms with E-state index in [4.69, 9.17) is 4.74 Å². The van der Waals surface area contributed by atoms with Gasteiger partial charge in [-0.3, -0.25) is 20.2 Å². The molecule has 138 valence electrons. The molecule has 0 fully saturated rings. The Hall–Kier alpha value is -3.82. The summed E-state index contributed by atoms with van der Waals surface area (Å²) in [6, 6.07) is 9.14. The van der Waals surface area contributed by atoms with Gasteiger partial charge in [-0.2, -0.15) is 0 Å². The molecule has 2 aromatic carbocycles. The van der Waals surface area contributed by atoms with Crippen molar-refractivity contribution in [2.75, 3.05) is 0 Å². The van der Waals surface area contributed by atoms with Crippen molar-refractivity contribution in [3.63, 3.8) is 0 Å². The third-order valence-electron chi connectivity index (χ3n) is 3.90. The lowest BCUT2D eigenvalue weighted by atomic mass is 10.1. The van der Waals surface area contributed by atoms with E-state index in [1.807, 2.05) is 0 Å². The van der Waals surface area contributed by atoms with Gasteiger partial charge < -0.3 is 4.74 Å². The second kappa shape index (κ2) is 7.20. The number of ether oxygens (including phenoxy) is 1. The molecule has 0 saturated carbocycles. The van der Waals surface area contributed by atoms with Crippen molar-refractivity contribution < 1.29 is 19.4 Å². The molecule has 10 heteroatoms. The molecule has 0 N–H and O–H groups in total. The van der Waals surface area contributed by atoms with E-state index >= 15 is 0 Å². The number of fused-ring (bicyclic) bond motifs is 1. The van der Waals surface area contributed by atoms with Gasteiger partial charge in [-0.1, -0.05) is 17.7 Å². The van der Waals surface area contributed by atoms with Crippen LogP contribution in [0.4, 0.5) is 10.5 Å². The SMILES string of the molecule is Cc1ccc([N+](=O)[O-])c(COC(=O)n2cnc3cc(C[N+](=O)[O-])ccc32)c1. The summed E-state index contributed by atoms with van der Waals surface area (Å²) in [6.07, 6.45) is 0.489. The summed E-state index contributed by atoms with van der Waals surface area (Å²) in [5, 5.41) is 21.7. The van der Waals surface area contributed by atoms with E-state index in [1.165, 1.54) is 30.6 Å².